The van der Waals surface area contributed by atoms with Gasteiger partial charge in [-0.25, -0.2) is 0 Å². The average Bonchev–Trinajstić information content (AvgIpc) is 2.34. The lowest BCUT2D eigenvalue weighted by Crippen LogP contribution is -2.31. The molecule has 0 radical (unpaired) electrons. The first-order valence-corrected chi connectivity index (χ1v) is 6.11. The molecule has 0 bridgehead atoms. The van der Waals surface area contributed by atoms with Gasteiger partial charge in [0.2, 0.25) is 0 Å². The number of allylic oxidation sites excluding steroid dienone is 2. The molecule has 0 aromatic heterocycles. The highest BCUT2D eigenvalue weighted by atomic mass is 32.2. The van der Waals surface area contributed by atoms with Crippen molar-refractivity contribution in [1.29, 1.82) is 0 Å². The zero-order chi connectivity index (χ0) is 9.19. The molecule has 0 amide bonds. The van der Waals surface area contributed by atoms with Crippen molar-refractivity contribution in [3.8, 4) is 0 Å². The van der Waals surface area contributed by atoms with Crippen LogP contribution in [0.2, 0.25) is 0 Å². The van der Waals surface area contributed by atoms with Gasteiger partial charge in [-0.05, 0) is 19.9 Å². The topological polar surface area (TPSA) is 34.1 Å². The van der Waals surface area contributed by atoms with Crippen LogP contribution in [-0.2, 0) is 15.6 Å². The number of carbonyl (C=O) groups is 1. The lowest BCUT2D eigenvalue weighted by atomic mass is 10.3. The van der Waals surface area contributed by atoms with Crippen LogP contribution in [-0.4, -0.2) is 25.6 Å². The summed E-state index contributed by atoms with van der Waals surface area (Å²) in [6, 6.07) is 0. The molecule has 2 nitrogen and oxygen atoms in total. The van der Waals surface area contributed by atoms with Crippen LogP contribution in [0.3, 0.4) is 0 Å². The Bertz CT molecular complexity index is 247. The number of carbonyl (C=O) groups excluding carboxylic acids is 1. The van der Waals surface area contributed by atoms with Crippen LogP contribution in [0.25, 0.3) is 0 Å². The van der Waals surface area contributed by atoms with E-state index in [9.17, 15) is 9.00 Å². The van der Waals surface area contributed by atoms with Crippen LogP contribution < -0.4 is 0 Å². The van der Waals surface area contributed by atoms with Crippen LogP contribution in [0.1, 0.15) is 13.8 Å². The first-order chi connectivity index (χ1) is 5.61. The Kier molecular flexibility index (Phi) is 3.12. The number of hydrogen-bond donors (Lipinski definition) is 0. The van der Waals surface area contributed by atoms with Gasteiger partial charge >= 0.3 is 0 Å². The predicted molar refractivity (Wildman–Crippen MR) is 53.7 cm³/mol. The van der Waals surface area contributed by atoms with Gasteiger partial charge < -0.3 is 0 Å². The molecule has 1 unspecified atom stereocenters. The molecular formula is C8H12O2S2. The van der Waals surface area contributed by atoms with Gasteiger partial charge in [0.25, 0.3) is 0 Å². The summed E-state index contributed by atoms with van der Waals surface area (Å²) in [6.07, 6.45) is 3.21. The van der Waals surface area contributed by atoms with Crippen molar-refractivity contribution >= 4 is 28.3 Å². The van der Waals surface area contributed by atoms with E-state index in [-0.39, 0.29) is 5.78 Å². The van der Waals surface area contributed by atoms with Gasteiger partial charge in [-0.15, -0.1) is 11.8 Å². The van der Waals surface area contributed by atoms with Crippen LogP contribution in [0.15, 0.2) is 12.2 Å². The van der Waals surface area contributed by atoms with Crippen LogP contribution in [0.4, 0.5) is 0 Å². The summed E-state index contributed by atoms with van der Waals surface area (Å²) in [5.41, 5.74) is 0. The van der Waals surface area contributed by atoms with Crippen molar-refractivity contribution in [2.45, 2.75) is 17.9 Å². The fraction of sp³-hybridized carbons (Fsp3) is 0.625. The SMILES string of the molecule is C/C=C/C(=O)[C@]1(C)SCCS1=O. The Morgan fingerprint density at radius 3 is 2.75 bits per heavy atom. The lowest BCUT2D eigenvalue weighted by molar-refractivity contribution is -0.114. The third kappa shape index (κ3) is 1.64. The summed E-state index contributed by atoms with van der Waals surface area (Å²) in [7, 11) is -0.996. The molecule has 4 heteroatoms. The fourth-order valence-electron chi connectivity index (χ4n) is 1.06. The minimum atomic E-state index is -0.996. The van der Waals surface area contributed by atoms with Crippen LogP contribution in [0.5, 0.6) is 0 Å². The standard InChI is InChI=1S/C8H12O2S2/c1-3-4-7(9)8(2)11-5-6-12(8)10/h3-4H,5-6H2,1-2H3/b4-3+/t8-,12?/m1/s1. The predicted octanol–water partition coefficient (Wildman–Crippen LogP) is 1.34. The van der Waals surface area contributed by atoms with Crippen molar-refractivity contribution < 1.29 is 9.00 Å². The Labute approximate surface area is 79.3 Å². The van der Waals surface area contributed by atoms with E-state index >= 15 is 0 Å². The molecule has 1 fully saturated rings. The summed E-state index contributed by atoms with van der Waals surface area (Å²) in [4.78, 5) is 11.5. The van der Waals surface area contributed by atoms with E-state index in [1.54, 1.807) is 19.9 Å². The Morgan fingerprint density at radius 2 is 2.33 bits per heavy atom. The van der Waals surface area contributed by atoms with Crippen molar-refractivity contribution in [1.82, 2.24) is 0 Å². The molecule has 0 aliphatic carbocycles. The van der Waals surface area contributed by atoms with E-state index < -0.39 is 14.9 Å². The lowest BCUT2D eigenvalue weighted by Gasteiger charge is -2.16. The molecule has 68 valence electrons. The molecule has 0 aromatic carbocycles. The summed E-state index contributed by atoms with van der Waals surface area (Å²) in [6.45, 7) is 3.56. The van der Waals surface area contributed by atoms with Gasteiger partial charge in [-0.3, -0.25) is 9.00 Å². The Balaban J connectivity index is 2.84. The van der Waals surface area contributed by atoms with Crippen LogP contribution >= 0.6 is 11.8 Å². The van der Waals surface area contributed by atoms with Crippen molar-refractivity contribution in [2.75, 3.05) is 11.5 Å². The normalized spacial score (nSPS) is 36.0. The first kappa shape index (κ1) is 9.99. The molecule has 0 N–H and O–H groups in total. The average molecular weight is 204 g/mol. The maximum Gasteiger partial charge on any atom is 0.183 e. The van der Waals surface area contributed by atoms with Gasteiger partial charge in [0.05, 0.1) is 0 Å². The third-order valence-corrected chi connectivity index (χ3v) is 5.82. The maximum absolute atomic E-state index is 11.5. The smallest absolute Gasteiger partial charge is 0.183 e. The molecule has 0 spiro atoms. The molecule has 0 saturated carbocycles. The van der Waals surface area contributed by atoms with E-state index in [2.05, 4.69) is 0 Å². The van der Waals surface area contributed by atoms with Gasteiger partial charge in [-0.2, -0.15) is 0 Å². The second-order valence-corrected chi connectivity index (χ2v) is 6.40. The highest BCUT2D eigenvalue weighted by Gasteiger charge is 2.42. The van der Waals surface area contributed by atoms with Crippen molar-refractivity contribution in [3.63, 3.8) is 0 Å². The highest BCUT2D eigenvalue weighted by molar-refractivity contribution is 8.16. The fourth-order valence-corrected chi connectivity index (χ4v) is 4.31. The Hall–Kier alpha value is -0.0900. The first-order valence-electron chi connectivity index (χ1n) is 3.81. The van der Waals surface area contributed by atoms with E-state index in [0.29, 0.717) is 5.75 Å². The van der Waals surface area contributed by atoms with E-state index in [0.717, 1.165) is 5.75 Å². The summed E-state index contributed by atoms with van der Waals surface area (Å²) < 4.78 is 10.8. The molecule has 1 saturated heterocycles. The second-order valence-electron chi connectivity index (χ2n) is 2.71. The molecule has 12 heavy (non-hydrogen) atoms. The zero-order valence-electron chi connectivity index (χ0n) is 7.20. The van der Waals surface area contributed by atoms with Gasteiger partial charge in [-0.1, -0.05) is 6.08 Å². The minimum absolute atomic E-state index is 0.0224. The molecule has 2 atom stereocenters. The zero-order valence-corrected chi connectivity index (χ0v) is 8.83. The second kappa shape index (κ2) is 3.75. The number of ketones is 1. The number of thioether (sulfide) groups is 1. The monoisotopic (exact) mass is 204 g/mol. The van der Waals surface area contributed by atoms with Gasteiger partial charge in [0.15, 0.2) is 9.86 Å². The largest absolute Gasteiger partial charge is 0.292 e. The van der Waals surface area contributed by atoms with E-state index in [1.807, 2.05) is 0 Å². The molecule has 1 rings (SSSR count). The van der Waals surface area contributed by atoms with Gasteiger partial charge in [0, 0.05) is 22.3 Å². The van der Waals surface area contributed by atoms with Crippen molar-refractivity contribution in [2.24, 2.45) is 0 Å². The summed E-state index contributed by atoms with van der Waals surface area (Å²) in [5.74, 6) is 1.45. The van der Waals surface area contributed by atoms with E-state index in [1.165, 1.54) is 17.8 Å². The molecule has 0 aromatic rings. The van der Waals surface area contributed by atoms with Crippen LogP contribution in [0, 0.1) is 0 Å². The maximum atomic E-state index is 11.5. The Morgan fingerprint density at radius 1 is 1.67 bits per heavy atom. The molecular weight excluding hydrogens is 192 g/mol. The minimum Gasteiger partial charge on any atom is -0.292 e. The number of hydrogen-bond acceptors (Lipinski definition) is 3. The molecule has 1 heterocycles. The summed E-state index contributed by atoms with van der Waals surface area (Å²) >= 11 is 1.50. The van der Waals surface area contributed by atoms with Crippen molar-refractivity contribution in [3.05, 3.63) is 12.2 Å². The molecule has 1 aliphatic rings. The number of rotatable bonds is 2. The van der Waals surface area contributed by atoms with E-state index in [4.69, 9.17) is 0 Å². The third-order valence-electron chi connectivity index (χ3n) is 1.85. The highest BCUT2D eigenvalue weighted by Crippen LogP contribution is 2.36. The summed E-state index contributed by atoms with van der Waals surface area (Å²) in [5, 5.41) is 0. The van der Waals surface area contributed by atoms with Gasteiger partial charge in [0.1, 0.15) is 0 Å². The molecule has 1 aliphatic heterocycles. The quantitative estimate of drug-likeness (QED) is 0.637.